The maximum Gasteiger partial charge on any atom is 0.0854 e. The highest BCUT2D eigenvalue weighted by molar-refractivity contribution is 4.48. The molecule has 0 atom stereocenters. The van der Waals surface area contributed by atoms with Gasteiger partial charge in [-0.2, -0.15) is 5.90 Å². The van der Waals surface area contributed by atoms with Gasteiger partial charge in [-0.15, -0.1) is 4.99 Å². The van der Waals surface area contributed by atoms with Crippen LogP contribution < -0.4 is 5.90 Å². The van der Waals surface area contributed by atoms with Gasteiger partial charge in [-0.05, 0) is 11.5 Å². The van der Waals surface area contributed by atoms with E-state index in [-0.39, 0.29) is 0 Å². The van der Waals surface area contributed by atoms with Crippen LogP contribution in [0.15, 0.2) is 0 Å². The Hall–Kier alpha value is -0.160. The van der Waals surface area contributed by atoms with Crippen molar-refractivity contribution in [2.24, 2.45) is 5.90 Å². The minimum atomic E-state index is 0.550. The van der Waals surface area contributed by atoms with Crippen LogP contribution in [0, 0.1) is 0 Å². The molecule has 0 saturated carbocycles. The third-order valence-corrected chi connectivity index (χ3v) is 3.17. The van der Waals surface area contributed by atoms with E-state index in [1.807, 2.05) is 0 Å². The second-order valence-electron chi connectivity index (χ2n) is 4.88. The first-order valence-corrected chi connectivity index (χ1v) is 7.56. The fourth-order valence-electron chi connectivity index (χ4n) is 2.06. The molecule has 2 N–H and O–H groups in total. The molecule has 18 heavy (non-hydrogen) atoms. The van der Waals surface area contributed by atoms with Gasteiger partial charge in [0, 0.05) is 0 Å². The first-order valence-electron chi connectivity index (χ1n) is 7.56. The van der Waals surface area contributed by atoms with E-state index in [1.54, 1.807) is 0 Å². The van der Waals surface area contributed by atoms with Gasteiger partial charge < -0.3 is 0 Å². The van der Waals surface area contributed by atoms with Crippen molar-refractivity contribution in [1.82, 2.24) is 0 Å². The summed E-state index contributed by atoms with van der Waals surface area (Å²) in [5, 5.41) is 4.11. The van der Waals surface area contributed by atoms with Crippen LogP contribution in [-0.2, 0) is 14.9 Å². The van der Waals surface area contributed by atoms with Crippen LogP contribution in [0.25, 0.3) is 0 Å². The summed E-state index contributed by atoms with van der Waals surface area (Å²) in [7, 11) is 0. The standard InChI is InChI=1S/C14H31NO3/c1-2-3-4-5-6-7-8-9-10-11-12-13-14-16-18-17-15/h2-15H2,1H3. The van der Waals surface area contributed by atoms with Crippen LogP contribution in [0.2, 0.25) is 0 Å². The molecule has 0 fully saturated rings. The molecule has 0 radical (unpaired) electrons. The lowest BCUT2D eigenvalue weighted by Crippen LogP contribution is -2.02. The molecule has 0 rings (SSSR count). The predicted molar refractivity (Wildman–Crippen MR) is 73.4 cm³/mol. The van der Waals surface area contributed by atoms with E-state index in [0.29, 0.717) is 6.61 Å². The van der Waals surface area contributed by atoms with Gasteiger partial charge in [0.2, 0.25) is 0 Å². The van der Waals surface area contributed by atoms with Crippen LogP contribution in [-0.4, -0.2) is 6.61 Å². The normalized spacial score (nSPS) is 11.0. The summed E-state index contributed by atoms with van der Waals surface area (Å²) in [5.41, 5.74) is 0. The minimum Gasteiger partial charge on any atom is -0.205 e. The van der Waals surface area contributed by atoms with E-state index in [0.717, 1.165) is 6.42 Å². The number of nitrogens with two attached hydrogens (primary N) is 1. The SMILES string of the molecule is CCCCCCCCCCCCCCOOON. The molecule has 0 saturated heterocycles. The Balaban J connectivity index is 2.86. The monoisotopic (exact) mass is 261 g/mol. The molecule has 0 aliphatic rings. The molecule has 4 heteroatoms. The molecule has 0 aromatic heterocycles. The molecule has 0 heterocycles. The first kappa shape index (κ1) is 17.8. The van der Waals surface area contributed by atoms with E-state index in [9.17, 15) is 0 Å². The highest BCUT2D eigenvalue weighted by atomic mass is 17.5. The maximum absolute atomic E-state index is 4.63. The fraction of sp³-hybridized carbons (Fsp3) is 1.00. The summed E-state index contributed by atoms with van der Waals surface area (Å²) < 4.78 is 0. The highest BCUT2D eigenvalue weighted by Crippen LogP contribution is 2.11. The van der Waals surface area contributed by atoms with Gasteiger partial charge in [-0.25, -0.2) is 4.89 Å². The van der Waals surface area contributed by atoms with Crippen molar-refractivity contribution in [2.45, 2.75) is 84.0 Å². The smallest absolute Gasteiger partial charge is 0.0854 e. The zero-order valence-corrected chi connectivity index (χ0v) is 12.0. The van der Waals surface area contributed by atoms with Crippen LogP contribution >= 0.6 is 0 Å². The Morgan fingerprint density at radius 1 is 0.667 bits per heavy atom. The van der Waals surface area contributed by atoms with Gasteiger partial charge in [0.05, 0.1) is 6.61 Å². The number of rotatable bonds is 15. The van der Waals surface area contributed by atoms with E-state index in [2.05, 4.69) is 27.7 Å². The molecule has 4 nitrogen and oxygen atoms in total. The third-order valence-electron chi connectivity index (χ3n) is 3.17. The maximum atomic E-state index is 4.63. The van der Waals surface area contributed by atoms with Gasteiger partial charge in [-0.1, -0.05) is 77.6 Å². The van der Waals surface area contributed by atoms with Crippen molar-refractivity contribution < 1.29 is 14.9 Å². The summed E-state index contributed by atoms with van der Waals surface area (Å²) in [6.45, 7) is 2.81. The van der Waals surface area contributed by atoms with Gasteiger partial charge >= 0.3 is 0 Å². The summed E-state index contributed by atoms with van der Waals surface area (Å²) in [6.07, 6.45) is 16.0. The quantitative estimate of drug-likeness (QED) is 0.269. The van der Waals surface area contributed by atoms with E-state index in [1.165, 1.54) is 70.6 Å². The Morgan fingerprint density at radius 3 is 1.56 bits per heavy atom. The van der Waals surface area contributed by atoms with E-state index >= 15 is 0 Å². The first-order chi connectivity index (χ1) is 8.91. The zero-order valence-electron chi connectivity index (χ0n) is 12.0. The second kappa shape index (κ2) is 16.8. The topological polar surface area (TPSA) is 53.7 Å². The predicted octanol–water partition coefficient (Wildman–Crippen LogP) is 4.44. The van der Waals surface area contributed by atoms with Crippen LogP contribution in [0.1, 0.15) is 84.0 Å². The van der Waals surface area contributed by atoms with Crippen molar-refractivity contribution in [1.29, 1.82) is 0 Å². The van der Waals surface area contributed by atoms with Gasteiger partial charge in [0.25, 0.3) is 0 Å². The summed E-state index contributed by atoms with van der Waals surface area (Å²) in [4.78, 5) is 8.45. The van der Waals surface area contributed by atoms with Crippen molar-refractivity contribution in [2.75, 3.05) is 6.61 Å². The molecule has 0 aliphatic carbocycles. The molecule has 0 aromatic carbocycles. The molecular weight excluding hydrogens is 230 g/mol. The average molecular weight is 261 g/mol. The van der Waals surface area contributed by atoms with Crippen molar-refractivity contribution >= 4 is 0 Å². The lowest BCUT2D eigenvalue weighted by atomic mass is 10.1. The number of hydrogen-bond donors (Lipinski definition) is 1. The van der Waals surface area contributed by atoms with Gasteiger partial charge in [0.15, 0.2) is 0 Å². The van der Waals surface area contributed by atoms with Crippen LogP contribution in [0.3, 0.4) is 0 Å². The Bertz CT molecular complexity index is 129. The Morgan fingerprint density at radius 2 is 1.11 bits per heavy atom. The molecular formula is C14H31NO3. The van der Waals surface area contributed by atoms with Gasteiger partial charge in [0.1, 0.15) is 0 Å². The fourth-order valence-corrected chi connectivity index (χ4v) is 2.06. The van der Waals surface area contributed by atoms with Crippen molar-refractivity contribution in [3.05, 3.63) is 0 Å². The summed E-state index contributed by atoms with van der Waals surface area (Å²) in [5.74, 6) is 4.63. The Labute approximate surface area is 112 Å². The average Bonchev–Trinajstić information content (AvgIpc) is 2.39. The molecule has 0 aliphatic heterocycles. The van der Waals surface area contributed by atoms with Crippen molar-refractivity contribution in [3.63, 3.8) is 0 Å². The highest BCUT2D eigenvalue weighted by Gasteiger charge is 1.94. The minimum absolute atomic E-state index is 0.550. The Kier molecular flexibility index (Phi) is 16.7. The second-order valence-corrected chi connectivity index (χ2v) is 4.88. The summed E-state index contributed by atoms with van der Waals surface area (Å²) in [6, 6.07) is 0. The third kappa shape index (κ3) is 15.8. The molecule has 0 unspecified atom stereocenters. The van der Waals surface area contributed by atoms with E-state index < -0.39 is 0 Å². The molecule has 0 amide bonds. The lowest BCUT2D eigenvalue weighted by molar-refractivity contribution is -0.516. The zero-order chi connectivity index (χ0) is 13.3. The largest absolute Gasteiger partial charge is 0.205 e. The summed E-state index contributed by atoms with van der Waals surface area (Å²) >= 11 is 0. The van der Waals surface area contributed by atoms with Crippen molar-refractivity contribution in [3.8, 4) is 0 Å². The number of hydrogen-bond acceptors (Lipinski definition) is 4. The molecule has 0 bridgehead atoms. The number of unbranched alkanes of at least 4 members (excludes halogenated alkanes) is 11. The molecule has 0 spiro atoms. The van der Waals surface area contributed by atoms with E-state index in [4.69, 9.17) is 0 Å². The molecule has 110 valence electrons. The van der Waals surface area contributed by atoms with Gasteiger partial charge in [-0.3, -0.25) is 0 Å². The lowest BCUT2D eigenvalue weighted by Gasteiger charge is -2.02. The molecule has 0 aromatic rings. The van der Waals surface area contributed by atoms with Crippen LogP contribution in [0.5, 0.6) is 0 Å². The van der Waals surface area contributed by atoms with Crippen LogP contribution in [0.4, 0.5) is 0 Å².